The molecule has 0 spiro atoms. The zero-order valence-corrected chi connectivity index (χ0v) is 18.9. The number of carbonyl (C=O) groups excluding carboxylic acids is 1. The highest BCUT2D eigenvalue weighted by Crippen LogP contribution is 2.23. The van der Waals surface area contributed by atoms with Crippen molar-refractivity contribution in [1.29, 1.82) is 0 Å². The maximum atomic E-state index is 13.8. The van der Waals surface area contributed by atoms with Crippen molar-refractivity contribution in [2.75, 3.05) is 6.61 Å². The van der Waals surface area contributed by atoms with Crippen molar-refractivity contribution in [1.82, 2.24) is 15.0 Å². The van der Waals surface area contributed by atoms with E-state index >= 15 is 0 Å². The number of amides is 1. The van der Waals surface area contributed by atoms with Crippen LogP contribution in [0.4, 0.5) is 4.39 Å². The SMILES string of the molecule is CCOc1ccc(Oc2cc(CNC(=O)[C@H](C)NS(=O)(=O)c3ccccc3F)ccn2)cc1. The van der Waals surface area contributed by atoms with Gasteiger partial charge < -0.3 is 14.8 Å². The maximum Gasteiger partial charge on any atom is 0.244 e. The molecule has 8 nitrogen and oxygen atoms in total. The average molecular weight is 474 g/mol. The fourth-order valence-corrected chi connectivity index (χ4v) is 4.14. The average Bonchev–Trinajstić information content (AvgIpc) is 2.79. The molecule has 1 heterocycles. The van der Waals surface area contributed by atoms with Crippen LogP contribution in [0, 0.1) is 5.82 Å². The fraction of sp³-hybridized carbons (Fsp3) is 0.217. The Bertz CT molecular complexity index is 1200. The third-order valence-electron chi connectivity index (χ3n) is 4.47. The van der Waals surface area contributed by atoms with Gasteiger partial charge in [0, 0.05) is 18.8 Å². The molecule has 0 bridgehead atoms. The van der Waals surface area contributed by atoms with Gasteiger partial charge in [-0.1, -0.05) is 12.1 Å². The molecule has 0 saturated carbocycles. The molecule has 0 aliphatic rings. The highest BCUT2D eigenvalue weighted by atomic mass is 32.2. The summed E-state index contributed by atoms with van der Waals surface area (Å²) in [5.41, 5.74) is 0.698. The fourth-order valence-electron chi connectivity index (χ4n) is 2.86. The smallest absolute Gasteiger partial charge is 0.244 e. The molecule has 2 aromatic carbocycles. The minimum absolute atomic E-state index is 0.118. The van der Waals surface area contributed by atoms with Gasteiger partial charge in [-0.15, -0.1) is 0 Å². The second-order valence-corrected chi connectivity index (χ2v) is 8.68. The zero-order chi connectivity index (χ0) is 23.8. The maximum absolute atomic E-state index is 13.8. The zero-order valence-electron chi connectivity index (χ0n) is 18.1. The van der Waals surface area contributed by atoms with Gasteiger partial charge in [-0.3, -0.25) is 4.79 Å². The number of hydrogen-bond acceptors (Lipinski definition) is 6. The van der Waals surface area contributed by atoms with Gasteiger partial charge in [-0.05, 0) is 61.9 Å². The van der Waals surface area contributed by atoms with Gasteiger partial charge in [0.25, 0.3) is 0 Å². The lowest BCUT2D eigenvalue weighted by Crippen LogP contribution is -2.44. The Morgan fingerprint density at radius 1 is 1.09 bits per heavy atom. The van der Waals surface area contributed by atoms with Crippen molar-refractivity contribution in [2.24, 2.45) is 0 Å². The number of hydrogen-bond donors (Lipinski definition) is 2. The summed E-state index contributed by atoms with van der Waals surface area (Å²) >= 11 is 0. The number of aromatic nitrogens is 1. The molecule has 1 aromatic heterocycles. The van der Waals surface area contributed by atoms with Crippen LogP contribution < -0.4 is 19.5 Å². The van der Waals surface area contributed by atoms with E-state index < -0.39 is 32.7 Å². The summed E-state index contributed by atoms with van der Waals surface area (Å²) in [6.07, 6.45) is 1.54. The molecule has 0 saturated heterocycles. The molecule has 3 rings (SSSR count). The highest BCUT2D eigenvalue weighted by molar-refractivity contribution is 7.89. The van der Waals surface area contributed by atoms with Crippen molar-refractivity contribution in [2.45, 2.75) is 31.3 Å². The third kappa shape index (κ3) is 6.74. The summed E-state index contributed by atoms with van der Waals surface area (Å²) in [5.74, 6) is 0.173. The first-order chi connectivity index (χ1) is 15.8. The predicted molar refractivity (Wildman–Crippen MR) is 120 cm³/mol. The van der Waals surface area contributed by atoms with Crippen LogP contribution in [0.2, 0.25) is 0 Å². The number of sulfonamides is 1. The van der Waals surface area contributed by atoms with E-state index in [2.05, 4.69) is 15.0 Å². The van der Waals surface area contributed by atoms with Crippen LogP contribution in [0.1, 0.15) is 19.4 Å². The lowest BCUT2D eigenvalue weighted by molar-refractivity contribution is -0.122. The van der Waals surface area contributed by atoms with Crippen LogP contribution in [0.3, 0.4) is 0 Å². The Hall–Kier alpha value is -3.50. The van der Waals surface area contributed by atoms with E-state index in [9.17, 15) is 17.6 Å². The number of halogens is 1. The van der Waals surface area contributed by atoms with Crippen LogP contribution in [-0.2, 0) is 21.4 Å². The predicted octanol–water partition coefficient (Wildman–Crippen LogP) is 3.39. The Morgan fingerprint density at radius 3 is 2.48 bits per heavy atom. The van der Waals surface area contributed by atoms with E-state index in [4.69, 9.17) is 9.47 Å². The van der Waals surface area contributed by atoms with Crippen LogP contribution in [-0.4, -0.2) is 32.0 Å². The largest absolute Gasteiger partial charge is 0.494 e. The summed E-state index contributed by atoms with van der Waals surface area (Å²) < 4.78 is 51.8. The summed E-state index contributed by atoms with van der Waals surface area (Å²) in [5, 5.41) is 2.64. The highest BCUT2D eigenvalue weighted by Gasteiger charge is 2.24. The van der Waals surface area contributed by atoms with E-state index in [1.807, 2.05) is 6.92 Å². The van der Waals surface area contributed by atoms with Crippen LogP contribution in [0.15, 0.2) is 71.8 Å². The van der Waals surface area contributed by atoms with Crippen molar-refractivity contribution >= 4 is 15.9 Å². The number of benzene rings is 2. The van der Waals surface area contributed by atoms with Crippen molar-refractivity contribution < 1.29 is 27.1 Å². The molecular weight excluding hydrogens is 449 g/mol. The number of carbonyl (C=O) groups is 1. The normalized spacial score (nSPS) is 12.1. The van der Waals surface area contributed by atoms with Crippen LogP contribution in [0.25, 0.3) is 0 Å². The summed E-state index contributed by atoms with van der Waals surface area (Å²) in [7, 11) is -4.19. The molecule has 0 fully saturated rings. The van der Waals surface area contributed by atoms with Crippen LogP contribution in [0.5, 0.6) is 17.4 Å². The number of nitrogens with zero attached hydrogens (tertiary/aromatic N) is 1. The van der Waals surface area contributed by atoms with Crippen molar-refractivity contribution in [3.63, 3.8) is 0 Å². The molecule has 1 atom stereocenters. The number of ether oxygens (including phenoxy) is 2. The first kappa shape index (κ1) is 24.1. The molecule has 3 aromatic rings. The lowest BCUT2D eigenvalue weighted by Gasteiger charge is -2.15. The van der Waals surface area contributed by atoms with E-state index in [0.717, 1.165) is 17.9 Å². The Labute approximate surface area is 191 Å². The molecule has 0 radical (unpaired) electrons. The Morgan fingerprint density at radius 2 is 1.79 bits per heavy atom. The van der Waals surface area contributed by atoms with E-state index in [1.165, 1.54) is 25.3 Å². The Balaban J connectivity index is 1.57. The third-order valence-corrected chi connectivity index (χ3v) is 6.05. The topological polar surface area (TPSA) is 107 Å². The number of pyridine rings is 1. The van der Waals surface area contributed by atoms with Gasteiger partial charge in [0.2, 0.25) is 21.8 Å². The number of rotatable bonds is 10. The van der Waals surface area contributed by atoms with Crippen molar-refractivity contribution in [3.8, 4) is 17.4 Å². The molecule has 1 amide bonds. The molecule has 0 unspecified atom stereocenters. The second-order valence-electron chi connectivity index (χ2n) is 7.00. The molecule has 0 aliphatic carbocycles. The lowest BCUT2D eigenvalue weighted by atomic mass is 10.2. The summed E-state index contributed by atoms with van der Waals surface area (Å²) in [4.78, 5) is 16.0. The monoisotopic (exact) mass is 473 g/mol. The van der Waals surface area contributed by atoms with Gasteiger partial charge in [0.1, 0.15) is 22.2 Å². The van der Waals surface area contributed by atoms with E-state index in [1.54, 1.807) is 36.4 Å². The quantitative estimate of drug-likeness (QED) is 0.468. The second kappa shape index (κ2) is 10.9. The van der Waals surface area contributed by atoms with E-state index in [-0.39, 0.29) is 6.54 Å². The first-order valence-corrected chi connectivity index (χ1v) is 11.7. The minimum atomic E-state index is -4.19. The van der Waals surface area contributed by atoms with Gasteiger partial charge in [-0.25, -0.2) is 17.8 Å². The van der Waals surface area contributed by atoms with Crippen molar-refractivity contribution in [3.05, 3.63) is 78.2 Å². The molecular formula is C23H24FN3O5S. The molecule has 33 heavy (non-hydrogen) atoms. The standard InChI is InChI=1S/C23H24FN3O5S/c1-3-31-18-8-10-19(11-9-18)32-22-14-17(12-13-25-22)15-26-23(28)16(2)27-33(29,30)21-7-5-4-6-20(21)24/h4-14,16,27H,3,15H2,1-2H3,(H,26,28)/t16-/m0/s1. The molecule has 0 aliphatic heterocycles. The van der Waals surface area contributed by atoms with E-state index in [0.29, 0.717) is 23.8 Å². The molecule has 10 heteroatoms. The summed E-state index contributed by atoms with van der Waals surface area (Å²) in [6, 6.07) is 14.3. The minimum Gasteiger partial charge on any atom is -0.494 e. The number of nitrogens with one attached hydrogen (secondary N) is 2. The Kier molecular flexibility index (Phi) is 7.96. The summed E-state index contributed by atoms with van der Waals surface area (Å²) in [6.45, 7) is 3.96. The molecule has 174 valence electrons. The van der Waals surface area contributed by atoms with Gasteiger partial charge in [0.15, 0.2) is 0 Å². The first-order valence-electron chi connectivity index (χ1n) is 10.2. The van der Waals surface area contributed by atoms with Gasteiger partial charge in [-0.2, -0.15) is 4.72 Å². The van der Waals surface area contributed by atoms with Crippen LogP contribution >= 0.6 is 0 Å². The molecule has 2 N–H and O–H groups in total. The van der Waals surface area contributed by atoms with Gasteiger partial charge >= 0.3 is 0 Å². The van der Waals surface area contributed by atoms with Gasteiger partial charge in [0.05, 0.1) is 12.6 Å².